The van der Waals surface area contributed by atoms with Crippen molar-refractivity contribution in [1.29, 1.82) is 0 Å². The van der Waals surface area contributed by atoms with Gasteiger partial charge in [-0.2, -0.15) is 4.98 Å². The summed E-state index contributed by atoms with van der Waals surface area (Å²) in [5, 5.41) is 6.94. The Morgan fingerprint density at radius 2 is 1.92 bits per heavy atom. The Morgan fingerprint density at radius 3 is 2.67 bits per heavy atom. The van der Waals surface area contributed by atoms with Crippen LogP contribution in [0.1, 0.15) is 13.3 Å². The number of rotatable bonds is 7. The first-order chi connectivity index (χ1) is 11.8. The fourth-order valence-corrected chi connectivity index (χ4v) is 2.87. The summed E-state index contributed by atoms with van der Waals surface area (Å²) in [7, 11) is 0. The van der Waals surface area contributed by atoms with E-state index in [9.17, 15) is 4.39 Å². The number of nitrogens with one attached hydrogen (secondary N) is 1. The first-order valence-corrected chi connectivity index (χ1v) is 8.53. The van der Waals surface area contributed by atoms with E-state index in [1.807, 2.05) is 0 Å². The molecule has 0 spiro atoms. The summed E-state index contributed by atoms with van der Waals surface area (Å²) in [5.41, 5.74) is 0.350. The van der Waals surface area contributed by atoms with Gasteiger partial charge in [-0.05, 0) is 31.6 Å². The van der Waals surface area contributed by atoms with Crippen LogP contribution in [0.15, 0.2) is 28.8 Å². The molecule has 0 unspecified atom stereocenters. The molecule has 1 aromatic carbocycles. The third-order valence-electron chi connectivity index (χ3n) is 4.38. The van der Waals surface area contributed by atoms with Crippen LogP contribution >= 0.6 is 0 Å². The smallest absolute Gasteiger partial charge is 0.321 e. The number of hydrogen-bond acceptors (Lipinski definition) is 6. The molecule has 7 heteroatoms. The fourth-order valence-electron chi connectivity index (χ4n) is 2.87. The summed E-state index contributed by atoms with van der Waals surface area (Å²) in [6, 6.07) is 6.75. The molecule has 1 aliphatic rings. The molecule has 0 atom stereocenters. The van der Waals surface area contributed by atoms with Crippen molar-refractivity contribution >= 4 is 6.01 Å². The van der Waals surface area contributed by atoms with Crippen LogP contribution < -0.4 is 5.32 Å². The highest BCUT2D eigenvalue weighted by atomic mass is 19.1. The second-order valence-electron chi connectivity index (χ2n) is 5.96. The molecule has 3 rings (SSSR count). The van der Waals surface area contributed by atoms with Crippen LogP contribution in [-0.2, 0) is 0 Å². The molecule has 0 saturated carbocycles. The van der Waals surface area contributed by atoms with Crippen molar-refractivity contribution in [2.75, 3.05) is 51.1 Å². The van der Waals surface area contributed by atoms with Crippen molar-refractivity contribution in [2.24, 2.45) is 0 Å². The van der Waals surface area contributed by atoms with Gasteiger partial charge in [0.15, 0.2) is 0 Å². The van der Waals surface area contributed by atoms with Gasteiger partial charge < -0.3 is 19.6 Å². The Kier molecular flexibility index (Phi) is 5.77. The van der Waals surface area contributed by atoms with Crippen LogP contribution in [0.4, 0.5) is 10.4 Å². The van der Waals surface area contributed by atoms with Gasteiger partial charge in [0.25, 0.3) is 0 Å². The number of benzene rings is 1. The number of halogens is 1. The minimum atomic E-state index is -0.351. The Balaban J connectivity index is 1.41. The Bertz CT molecular complexity index is 639. The van der Waals surface area contributed by atoms with Crippen LogP contribution in [0.2, 0.25) is 0 Å². The van der Waals surface area contributed by atoms with E-state index in [1.165, 1.54) is 6.07 Å². The average molecular weight is 333 g/mol. The highest BCUT2D eigenvalue weighted by molar-refractivity contribution is 5.56. The highest BCUT2D eigenvalue weighted by Gasteiger charge is 2.15. The lowest BCUT2D eigenvalue weighted by Gasteiger charge is -2.33. The summed E-state index contributed by atoms with van der Waals surface area (Å²) in [4.78, 5) is 9.15. The van der Waals surface area contributed by atoms with E-state index in [2.05, 4.69) is 32.2 Å². The maximum absolute atomic E-state index is 13.7. The molecule has 2 aromatic rings. The lowest BCUT2D eigenvalue weighted by Crippen LogP contribution is -2.46. The first kappa shape index (κ1) is 16.9. The van der Waals surface area contributed by atoms with Crippen molar-refractivity contribution < 1.29 is 8.91 Å². The number of nitrogens with zero attached hydrogens (tertiary/aromatic N) is 4. The quantitative estimate of drug-likeness (QED) is 0.785. The van der Waals surface area contributed by atoms with Gasteiger partial charge >= 0.3 is 6.01 Å². The molecule has 2 heterocycles. The third-order valence-corrected chi connectivity index (χ3v) is 4.38. The fraction of sp³-hybridized carbons (Fsp3) is 0.529. The van der Waals surface area contributed by atoms with Gasteiger partial charge in [0, 0.05) is 32.7 Å². The third kappa shape index (κ3) is 4.30. The van der Waals surface area contributed by atoms with Crippen molar-refractivity contribution in [1.82, 2.24) is 19.9 Å². The molecule has 0 radical (unpaired) electrons. The molecular weight excluding hydrogens is 309 g/mol. The van der Waals surface area contributed by atoms with E-state index < -0.39 is 0 Å². The number of anilines is 1. The zero-order chi connectivity index (χ0) is 16.8. The summed E-state index contributed by atoms with van der Waals surface area (Å²) in [6.07, 6.45) is 1.00. The van der Waals surface area contributed by atoms with E-state index >= 15 is 0 Å². The minimum absolute atomic E-state index is 0.270. The van der Waals surface area contributed by atoms with Gasteiger partial charge in [0.2, 0.25) is 5.82 Å². The summed E-state index contributed by atoms with van der Waals surface area (Å²) >= 11 is 0. The van der Waals surface area contributed by atoms with Crippen molar-refractivity contribution in [3.63, 3.8) is 0 Å². The van der Waals surface area contributed by atoms with Crippen LogP contribution in [0.3, 0.4) is 0 Å². The highest BCUT2D eigenvalue weighted by Crippen LogP contribution is 2.20. The largest absolute Gasteiger partial charge is 0.338 e. The van der Waals surface area contributed by atoms with E-state index in [0.717, 1.165) is 52.2 Å². The zero-order valence-electron chi connectivity index (χ0n) is 14.0. The Morgan fingerprint density at radius 1 is 1.17 bits per heavy atom. The monoisotopic (exact) mass is 333 g/mol. The molecule has 1 saturated heterocycles. The van der Waals surface area contributed by atoms with Gasteiger partial charge in [0.05, 0.1) is 5.56 Å². The summed E-state index contributed by atoms with van der Waals surface area (Å²) in [6.45, 7) is 9.72. The van der Waals surface area contributed by atoms with E-state index in [-0.39, 0.29) is 11.6 Å². The van der Waals surface area contributed by atoms with E-state index in [0.29, 0.717) is 11.6 Å². The Labute approximate surface area is 141 Å². The molecule has 24 heavy (non-hydrogen) atoms. The van der Waals surface area contributed by atoms with E-state index in [1.54, 1.807) is 18.2 Å². The van der Waals surface area contributed by atoms with Crippen molar-refractivity contribution in [3.05, 3.63) is 30.1 Å². The summed E-state index contributed by atoms with van der Waals surface area (Å²) in [5.74, 6) is -0.0811. The summed E-state index contributed by atoms with van der Waals surface area (Å²) < 4.78 is 18.8. The SMILES string of the molecule is CCN1CCN(CCCNc2nc(-c3ccccc3F)no2)CC1. The average Bonchev–Trinajstić information content (AvgIpc) is 3.08. The standard InChI is InChI=1S/C17H24FN5O/c1-2-22-10-12-23(13-11-22)9-5-8-19-17-20-16(21-24-17)14-6-3-4-7-15(14)18/h3-4,6-7H,2,5,8-13H2,1H3,(H,19,20,21). The van der Waals surface area contributed by atoms with E-state index in [4.69, 9.17) is 4.52 Å². The van der Waals surface area contributed by atoms with Gasteiger partial charge in [-0.15, -0.1) is 0 Å². The molecule has 0 aliphatic carbocycles. The second-order valence-corrected chi connectivity index (χ2v) is 5.96. The lowest BCUT2D eigenvalue weighted by atomic mass is 10.2. The number of aromatic nitrogens is 2. The number of piperazine rings is 1. The van der Waals surface area contributed by atoms with Crippen LogP contribution in [-0.4, -0.2) is 65.8 Å². The molecule has 1 N–H and O–H groups in total. The lowest BCUT2D eigenvalue weighted by molar-refractivity contribution is 0.137. The number of likely N-dealkylation sites (N-methyl/N-ethyl adjacent to an activating group) is 1. The number of hydrogen-bond donors (Lipinski definition) is 1. The normalized spacial score (nSPS) is 16.4. The maximum Gasteiger partial charge on any atom is 0.321 e. The van der Waals surface area contributed by atoms with Gasteiger partial charge in [-0.3, -0.25) is 0 Å². The topological polar surface area (TPSA) is 57.4 Å². The molecule has 1 fully saturated rings. The molecule has 1 aliphatic heterocycles. The predicted octanol–water partition coefficient (Wildman–Crippen LogP) is 2.32. The molecule has 0 bridgehead atoms. The van der Waals surface area contributed by atoms with Gasteiger partial charge in [-0.25, -0.2) is 4.39 Å². The van der Waals surface area contributed by atoms with Crippen LogP contribution in [0, 0.1) is 5.82 Å². The predicted molar refractivity (Wildman–Crippen MR) is 91.4 cm³/mol. The molecule has 6 nitrogen and oxygen atoms in total. The second kappa shape index (κ2) is 8.21. The Hall–Kier alpha value is -1.99. The first-order valence-electron chi connectivity index (χ1n) is 8.53. The molecule has 130 valence electrons. The minimum Gasteiger partial charge on any atom is -0.338 e. The molecular formula is C17H24FN5O. The molecule has 1 aromatic heterocycles. The molecule has 0 amide bonds. The zero-order valence-corrected chi connectivity index (χ0v) is 14.0. The maximum atomic E-state index is 13.7. The van der Waals surface area contributed by atoms with Crippen LogP contribution in [0.25, 0.3) is 11.4 Å². The van der Waals surface area contributed by atoms with Crippen molar-refractivity contribution in [3.8, 4) is 11.4 Å². The van der Waals surface area contributed by atoms with Crippen molar-refractivity contribution in [2.45, 2.75) is 13.3 Å². The van der Waals surface area contributed by atoms with Crippen LogP contribution in [0.5, 0.6) is 0 Å². The van der Waals surface area contributed by atoms with Gasteiger partial charge in [0.1, 0.15) is 5.82 Å². The van der Waals surface area contributed by atoms with Gasteiger partial charge in [-0.1, -0.05) is 24.2 Å².